The predicted octanol–water partition coefficient (Wildman–Crippen LogP) is 1.71. The van der Waals surface area contributed by atoms with Crippen molar-refractivity contribution in [2.24, 2.45) is 0 Å². The highest BCUT2D eigenvalue weighted by Gasteiger charge is 2.09. The van der Waals surface area contributed by atoms with Crippen molar-refractivity contribution in [2.45, 2.75) is 20.4 Å². The minimum atomic E-state index is -0.346. The fourth-order valence-corrected chi connectivity index (χ4v) is 2.06. The van der Waals surface area contributed by atoms with Crippen molar-refractivity contribution < 1.29 is 18.7 Å². The molecular formula is C17H20N2O4. The molecule has 0 unspecified atom stereocenters. The largest absolute Gasteiger partial charge is 0.483 e. The van der Waals surface area contributed by atoms with Crippen LogP contribution in [-0.4, -0.2) is 25.0 Å². The molecule has 0 fully saturated rings. The van der Waals surface area contributed by atoms with Gasteiger partial charge >= 0.3 is 0 Å². The van der Waals surface area contributed by atoms with Crippen molar-refractivity contribution in [3.05, 3.63) is 53.5 Å². The number of furan rings is 1. The summed E-state index contributed by atoms with van der Waals surface area (Å²) in [6.45, 7) is 3.90. The Morgan fingerprint density at radius 2 is 1.78 bits per heavy atom. The average molecular weight is 316 g/mol. The summed E-state index contributed by atoms with van der Waals surface area (Å²) in [7, 11) is 0. The van der Waals surface area contributed by atoms with Crippen molar-refractivity contribution in [3.63, 3.8) is 0 Å². The molecule has 0 spiro atoms. The fraction of sp³-hybridized carbons (Fsp3) is 0.294. The number of carbonyl (C=O) groups is 2. The zero-order valence-electron chi connectivity index (χ0n) is 13.2. The molecule has 2 rings (SSSR count). The first-order valence-corrected chi connectivity index (χ1v) is 7.31. The lowest BCUT2D eigenvalue weighted by molar-refractivity contribution is -0.127. The normalized spacial score (nSPS) is 10.2. The van der Waals surface area contributed by atoms with Crippen molar-refractivity contribution in [3.8, 4) is 5.75 Å². The quantitative estimate of drug-likeness (QED) is 0.815. The van der Waals surface area contributed by atoms with Gasteiger partial charge in [0.2, 0.25) is 5.91 Å². The average Bonchev–Trinajstić information content (AvgIpc) is 3.04. The molecule has 0 radical (unpaired) electrons. The molecule has 0 aliphatic heterocycles. The first kappa shape index (κ1) is 16.6. The number of carbonyl (C=O) groups excluding carboxylic acids is 2. The van der Waals surface area contributed by atoms with Gasteiger partial charge in [0.1, 0.15) is 11.5 Å². The van der Waals surface area contributed by atoms with Gasteiger partial charge in [-0.2, -0.15) is 0 Å². The smallest absolute Gasteiger partial charge is 0.258 e. The van der Waals surface area contributed by atoms with E-state index in [0.717, 1.165) is 11.1 Å². The maximum Gasteiger partial charge on any atom is 0.258 e. The Morgan fingerprint density at radius 3 is 2.43 bits per heavy atom. The van der Waals surface area contributed by atoms with Crippen LogP contribution < -0.4 is 15.4 Å². The van der Waals surface area contributed by atoms with Gasteiger partial charge in [0.25, 0.3) is 5.91 Å². The Hall–Kier alpha value is -2.76. The van der Waals surface area contributed by atoms with E-state index in [0.29, 0.717) is 18.1 Å². The molecule has 6 heteroatoms. The third kappa shape index (κ3) is 5.18. The number of ether oxygens (including phenoxy) is 1. The van der Waals surface area contributed by atoms with Crippen LogP contribution in [0.25, 0.3) is 0 Å². The molecule has 0 saturated heterocycles. The van der Waals surface area contributed by atoms with E-state index in [1.807, 2.05) is 32.0 Å². The van der Waals surface area contributed by atoms with Crippen LogP contribution in [0.3, 0.4) is 0 Å². The van der Waals surface area contributed by atoms with Crippen LogP contribution in [0, 0.1) is 13.8 Å². The van der Waals surface area contributed by atoms with Crippen molar-refractivity contribution in [2.75, 3.05) is 13.2 Å². The Morgan fingerprint density at radius 1 is 1.04 bits per heavy atom. The molecule has 0 atom stereocenters. The number of benzene rings is 1. The molecule has 6 nitrogen and oxygen atoms in total. The summed E-state index contributed by atoms with van der Waals surface area (Å²) in [6, 6.07) is 9.27. The molecule has 23 heavy (non-hydrogen) atoms. The third-order valence-electron chi connectivity index (χ3n) is 3.24. The number of hydrogen-bond acceptors (Lipinski definition) is 4. The predicted molar refractivity (Wildman–Crippen MR) is 85.0 cm³/mol. The molecule has 1 aromatic heterocycles. The van der Waals surface area contributed by atoms with Gasteiger partial charge in [0.15, 0.2) is 6.61 Å². The summed E-state index contributed by atoms with van der Waals surface area (Å²) >= 11 is 0. The van der Waals surface area contributed by atoms with Gasteiger partial charge < -0.3 is 19.8 Å². The fourth-order valence-electron chi connectivity index (χ4n) is 2.06. The Bertz CT molecular complexity index is 645. The van der Waals surface area contributed by atoms with Crippen molar-refractivity contribution >= 4 is 11.8 Å². The van der Waals surface area contributed by atoms with E-state index in [-0.39, 0.29) is 25.0 Å². The molecule has 0 saturated carbocycles. The van der Waals surface area contributed by atoms with E-state index in [2.05, 4.69) is 10.6 Å². The number of hydrogen-bond donors (Lipinski definition) is 2. The van der Waals surface area contributed by atoms with Crippen LogP contribution in [0.1, 0.15) is 16.9 Å². The summed E-state index contributed by atoms with van der Waals surface area (Å²) in [5.41, 5.74) is 1.93. The SMILES string of the molecule is Cc1cccc(C)c1OCC(=O)NCC(=O)NCc1ccco1. The van der Waals surface area contributed by atoms with E-state index in [1.54, 1.807) is 12.1 Å². The topological polar surface area (TPSA) is 80.6 Å². The summed E-state index contributed by atoms with van der Waals surface area (Å²) in [6.07, 6.45) is 1.54. The number of nitrogens with one attached hydrogen (secondary N) is 2. The minimum Gasteiger partial charge on any atom is -0.483 e. The van der Waals surface area contributed by atoms with Crippen LogP contribution in [-0.2, 0) is 16.1 Å². The van der Waals surface area contributed by atoms with Crippen LogP contribution in [0.5, 0.6) is 5.75 Å². The van der Waals surface area contributed by atoms with Crippen LogP contribution in [0.2, 0.25) is 0 Å². The highest BCUT2D eigenvalue weighted by Crippen LogP contribution is 2.21. The van der Waals surface area contributed by atoms with Gasteiger partial charge in [-0.25, -0.2) is 0 Å². The highest BCUT2D eigenvalue weighted by atomic mass is 16.5. The summed E-state index contributed by atoms with van der Waals surface area (Å²) < 4.78 is 10.6. The molecule has 0 aliphatic rings. The standard InChI is InChI=1S/C17H20N2O4/c1-12-5-3-6-13(2)17(12)23-11-16(21)19-10-15(20)18-9-14-7-4-8-22-14/h3-8H,9-11H2,1-2H3,(H,18,20)(H,19,21). The van der Waals surface area contributed by atoms with E-state index in [9.17, 15) is 9.59 Å². The molecule has 122 valence electrons. The second-order valence-electron chi connectivity index (χ2n) is 5.14. The number of rotatable bonds is 7. The van der Waals surface area contributed by atoms with Gasteiger partial charge in [0.05, 0.1) is 19.4 Å². The molecule has 1 aromatic carbocycles. The van der Waals surface area contributed by atoms with E-state index in [1.165, 1.54) is 6.26 Å². The molecular weight excluding hydrogens is 296 g/mol. The minimum absolute atomic E-state index is 0.102. The second kappa shape index (κ2) is 8.03. The molecule has 1 heterocycles. The molecule has 0 bridgehead atoms. The van der Waals surface area contributed by atoms with Gasteiger partial charge in [-0.05, 0) is 37.1 Å². The summed E-state index contributed by atoms with van der Waals surface area (Å²) in [5.74, 6) is 0.718. The second-order valence-corrected chi connectivity index (χ2v) is 5.14. The maximum atomic E-state index is 11.7. The monoisotopic (exact) mass is 316 g/mol. The summed E-state index contributed by atoms with van der Waals surface area (Å²) in [4.78, 5) is 23.4. The van der Waals surface area contributed by atoms with E-state index in [4.69, 9.17) is 9.15 Å². The third-order valence-corrected chi connectivity index (χ3v) is 3.24. The van der Waals surface area contributed by atoms with Gasteiger partial charge in [0, 0.05) is 0 Å². The zero-order chi connectivity index (χ0) is 16.7. The Balaban J connectivity index is 1.69. The number of aryl methyl sites for hydroxylation is 2. The van der Waals surface area contributed by atoms with Crippen LogP contribution >= 0.6 is 0 Å². The summed E-state index contributed by atoms with van der Waals surface area (Å²) in [5, 5.41) is 5.16. The molecule has 2 N–H and O–H groups in total. The molecule has 2 amide bonds. The van der Waals surface area contributed by atoms with Gasteiger partial charge in [-0.1, -0.05) is 18.2 Å². The number of amides is 2. The lowest BCUT2D eigenvalue weighted by Crippen LogP contribution is -2.38. The van der Waals surface area contributed by atoms with Crippen LogP contribution in [0.4, 0.5) is 0 Å². The first-order chi connectivity index (χ1) is 11.1. The molecule has 0 aliphatic carbocycles. The highest BCUT2D eigenvalue weighted by molar-refractivity contribution is 5.85. The van der Waals surface area contributed by atoms with Gasteiger partial charge in [-0.3, -0.25) is 9.59 Å². The lowest BCUT2D eigenvalue weighted by Gasteiger charge is -2.11. The van der Waals surface area contributed by atoms with Crippen molar-refractivity contribution in [1.82, 2.24) is 10.6 Å². The number of para-hydroxylation sites is 1. The van der Waals surface area contributed by atoms with Crippen molar-refractivity contribution in [1.29, 1.82) is 0 Å². The van der Waals surface area contributed by atoms with Gasteiger partial charge in [-0.15, -0.1) is 0 Å². The van der Waals surface area contributed by atoms with E-state index < -0.39 is 0 Å². The Labute approximate surface area is 134 Å². The zero-order valence-corrected chi connectivity index (χ0v) is 13.2. The Kier molecular flexibility index (Phi) is 5.80. The lowest BCUT2D eigenvalue weighted by atomic mass is 10.1. The maximum absolute atomic E-state index is 11.7. The van der Waals surface area contributed by atoms with Crippen LogP contribution in [0.15, 0.2) is 41.0 Å². The first-order valence-electron chi connectivity index (χ1n) is 7.31. The van der Waals surface area contributed by atoms with E-state index >= 15 is 0 Å². The molecule has 2 aromatic rings.